The van der Waals surface area contributed by atoms with Gasteiger partial charge in [0.2, 0.25) is 0 Å². The molecule has 1 aliphatic rings. The van der Waals surface area contributed by atoms with Crippen LogP contribution >= 0.6 is 0 Å². The Bertz CT molecular complexity index is 1010. The van der Waals surface area contributed by atoms with Gasteiger partial charge in [0, 0.05) is 37.2 Å². The first-order valence-electron chi connectivity index (χ1n) is 9.00. The first-order chi connectivity index (χ1) is 13.1. The van der Waals surface area contributed by atoms with Crippen LogP contribution in [0, 0.1) is 6.92 Å². The average Bonchev–Trinajstić information content (AvgIpc) is 3.09. The van der Waals surface area contributed by atoms with Crippen LogP contribution in [0.2, 0.25) is 0 Å². The second kappa shape index (κ2) is 7.32. The van der Waals surface area contributed by atoms with Crippen LogP contribution < -0.4 is 5.56 Å². The highest BCUT2D eigenvalue weighted by atomic mass is 16.5. The number of ether oxygens (including phenoxy) is 1. The normalized spacial score (nSPS) is 17.4. The van der Waals surface area contributed by atoms with E-state index in [9.17, 15) is 9.59 Å². The molecule has 8 heteroatoms. The molecule has 1 atom stereocenters. The van der Waals surface area contributed by atoms with Crippen molar-refractivity contribution in [2.75, 3.05) is 13.1 Å². The maximum Gasteiger partial charge on any atom is 0.285 e. The van der Waals surface area contributed by atoms with E-state index in [2.05, 4.69) is 15.1 Å². The van der Waals surface area contributed by atoms with E-state index in [1.165, 1.54) is 10.7 Å². The lowest BCUT2D eigenvalue weighted by Gasteiger charge is -2.32. The van der Waals surface area contributed by atoms with Crippen molar-refractivity contribution in [3.8, 4) is 0 Å². The maximum absolute atomic E-state index is 12.9. The third kappa shape index (κ3) is 3.61. The predicted molar refractivity (Wildman–Crippen MR) is 98.5 cm³/mol. The molecule has 0 saturated carbocycles. The molecule has 4 rings (SSSR count). The van der Waals surface area contributed by atoms with E-state index in [0.717, 1.165) is 24.2 Å². The molecule has 1 amide bonds. The minimum atomic E-state index is -0.380. The van der Waals surface area contributed by atoms with Crippen LogP contribution in [0.1, 0.15) is 34.6 Å². The summed E-state index contributed by atoms with van der Waals surface area (Å²) in [5.41, 5.74) is 1.86. The number of rotatable bonds is 4. The zero-order chi connectivity index (χ0) is 18.8. The first kappa shape index (κ1) is 17.4. The monoisotopic (exact) mass is 367 g/mol. The minimum absolute atomic E-state index is 0.0692. The molecular formula is C19H21N5O3. The Hall–Kier alpha value is -3.00. The fraction of sp³-hybridized carbons (Fsp3) is 0.368. The number of aromatic amines is 1. The van der Waals surface area contributed by atoms with Crippen LogP contribution in [0.3, 0.4) is 0 Å². The van der Waals surface area contributed by atoms with Crippen molar-refractivity contribution in [1.82, 2.24) is 24.5 Å². The van der Waals surface area contributed by atoms with Crippen LogP contribution in [-0.2, 0) is 11.3 Å². The van der Waals surface area contributed by atoms with Gasteiger partial charge in [0.25, 0.3) is 11.5 Å². The molecule has 1 unspecified atom stereocenters. The number of aryl methyl sites for hydroxylation is 1. The predicted octanol–water partition coefficient (Wildman–Crippen LogP) is 1.55. The molecule has 0 spiro atoms. The summed E-state index contributed by atoms with van der Waals surface area (Å²) in [6.45, 7) is 3.31. The number of H-pyrrole nitrogens is 1. The number of nitrogens with zero attached hydrogens (tertiary/aromatic N) is 4. The standard InChI is InChI=1S/C19H21N5O3/c1-13-9-17-21-10-16(19(26)24(17)22-13)18(25)23-8-4-6-15(11-23)27-12-14-5-2-3-7-20-14/h2-3,5,7,9-10,15,22H,4,6,8,11-12H2,1H3. The van der Waals surface area contributed by atoms with Gasteiger partial charge in [-0.25, -0.2) is 9.50 Å². The molecule has 0 aliphatic carbocycles. The van der Waals surface area contributed by atoms with E-state index >= 15 is 0 Å². The number of nitrogens with one attached hydrogen (secondary N) is 1. The lowest BCUT2D eigenvalue weighted by atomic mass is 10.1. The second-order valence-corrected chi connectivity index (χ2v) is 6.76. The number of piperidine rings is 1. The van der Waals surface area contributed by atoms with Gasteiger partial charge in [-0.1, -0.05) is 6.07 Å². The van der Waals surface area contributed by atoms with Crippen LogP contribution in [0.4, 0.5) is 0 Å². The fourth-order valence-corrected chi connectivity index (χ4v) is 3.34. The molecule has 140 valence electrons. The van der Waals surface area contributed by atoms with Gasteiger partial charge in [-0.3, -0.25) is 19.7 Å². The van der Waals surface area contributed by atoms with Crippen molar-refractivity contribution in [1.29, 1.82) is 0 Å². The summed E-state index contributed by atoms with van der Waals surface area (Å²) >= 11 is 0. The third-order valence-electron chi connectivity index (χ3n) is 4.71. The molecule has 1 aliphatic heterocycles. The van der Waals surface area contributed by atoms with E-state index in [1.54, 1.807) is 17.2 Å². The Morgan fingerprint density at radius 1 is 1.37 bits per heavy atom. The van der Waals surface area contributed by atoms with E-state index < -0.39 is 0 Å². The van der Waals surface area contributed by atoms with E-state index in [-0.39, 0.29) is 23.1 Å². The molecule has 8 nitrogen and oxygen atoms in total. The van der Waals surface area contributed by atoms with E-state index in [4.69, 9.17) is 4.74 Å². The Kier molecular flexibility index (Phi) is 4.72. The fourth-order valence-electron chi connectivity index (χ4n) is 3.34. The van der Waals surface area contributed by atoms with Gasteiger partial charge >= 0.3 is 0 Å². The number of hydrogen-bond donors (Lipinski definition) is 1. The molecular weight excluding hydrogens is 346 g/mol. The number of carbonyl (C=O) groups is 1. The Labute approximate surface area is 155 Å². The van der Waals surface area contributed by atoms with Crippen molar-refractivity contribution in [2.24, 2.45) is 0 Å². The smallest absolute Gasteiger partial charge is 0.285 e. The molecule has 0 radical (unpaired) electrons. The molecule has 0 aromatic carbocycles. The summed E-state index contributed by atoms with van der Waals surface area (Å²) in [5.74, 6) is -0.305. The SMILES string of the molecule is Cc1cc2ncc(C(=O)N3CCCC(OCc4ccccn4)C3)c(=O)n2[nH]1. The molecule has 1 fully saturated rings. The zero-order valence-corrected chi connectivity index (χ0v) is 15.1. The van der Waals surface area contributed by atoms with E-state index in [0.29, 0.717) is 25.3 Å². The van der Waals surface area contributed by atoms with Crippen LogP contribution in [0.25, 0.3) is 5.65 Å². The molecule has 0 bridgehead atoms. The number of pyridine rings is 1. The Morgan fingerprint density at radius 3 is 3.07 bits per heavy atom. The lowest BCUT2D eigenvalue weighted by molar-refractivity contribution is -0.00792. The van der Waals surface area contributed by atoms with Crippen molar-refractivity contribution in [3.63, 3.8) is 0 Å². The third-order valence-corrected chi connectivity index (χ3v) is 4.71. The summed E-state index contributed by atoms with van der Waals surface area (Å²) in [4.78, 5) is 35.6. The summed E-state index contributed by atoms with van der Waals surface area (Å²) in [7, 11) is 0. The highest BCUT2D eigenvalue weighted by molar-refractivity contribution is 5.93. The number of hydrogen-bond acceptors (Lipinski definition) is 5. The Morgan fingerprint density at radius 2 is 2.26 bits per heavy atom. The molecule has 1 saturated heterocycles. The topological polar surface area (TPSA) is 92.6 Å². The number of amides is 1. The van der Waals surface area contributed by atoms with Gasteiger partial charge in [-0.15, -0.1) is 0 Å². The summed E-state index contributed by atoms with van der Waals surface area (Å²) in [6, 6.07) is 7.45. The van der Waals surface area contributed by atoms with Crippen molar-refractivity contribution < 1.29 is 9.53 Å². The van der Waals surface area contributed by atoms with Crippen LogP contribution in [0.15, 0.2) is 41.5 Å². The zero-order valence-electron chi connectivity index (χ0n) is 15.1. The van der Waals surface area contributed by atoms with Crippen LogP contribution in [0.5, 0.6) is 0 Å². The van der Waals surface area contributed by atoms with Gasteiger partial charge in [-0.2, -0.15) is 0 Å². The van der Waals surface area contributed by atoms with Gasteiger partial charge in [0.15, 0.2) is 5.65 Å². The Balaban J connectivity index is 1.47. The largest absolute Gasteiger partial charge is 0.370 e. The lowest BCUT2D eigenvalue weighted by Crippen LogP contribution is -2.45. The quantitative estimate of drug-likeness (QED) is 0.755. The van der Waals surface area contributed by atoms with Crippen molar-refractivity contribution >= 4 is 11.6 Å². The number of aromatic nitrogens is 4. The average molecular weight is 367 g/mol. The van der Waals surface area contributed by atoms with Gasteiger partial charge in [-0.05, 0) is 31.9 Å². The van der Waals surface area contributed by atoms with Gasteiger partial charge in [0.05, 0.1) is 18.4 Å². The first-order valence-corrected chi connectivity index (χ1v) is 9.00. The number of fused-ring (bicyclic) bond motifs is 1. The summed E-state index contributed by atoms with van der Waals surface area (Å²) in [6.07, 6.45) is 4.73. The van der Waals surface area contributed by atoms with Crippen molar-refractivity contribution in [3.05, 3.63) is 64.0 Å². The maximum atomic E-state index is 12.9. The minimum Gasteiger partial charge on any atom is -0.370 e. The van der Waals surface area contributed by atoms with Gasteiger partial charge in [0.1, 0.15) is 5.56 Å². The summed E-state index contributed by atoms with van der Waals surface area (Å²) < 4.78 is 7.23. The van der Waals surface area contributed by atoms with E-state index in [1.807, 2.05) is 25.1 Å². The number of carbonyl (C=O) groups excluding carboxylic acids is 1. The van der Waals surface area contributed by atoms with Gasteiger partial charge < -0.3 is 9.64 Å². The highest BCUT2D eigenvalue weighted by Crippen LogP contribution is 2.16. The molecule has 4 heterocycles. The van der Waals surface area contributed by atoms with Crippen LogP contribution in [-0.4, -0.2) is 49.6 Å². The molecule has 27 heavy (non-hydrogen) atoms. The van der Waals surface area contributed by atoms with Crippen molar-refractivity contribution in [2.45, 2.75) is 32.5 Å². The molecule has 1 N–H and O–H groups in total. The molecule has 3 aromatic heterocycles. The summed E-state index contributed by atoms with van der Waals surface area (Å²) in [5, 5.41) is 2.91. The highest BCUT2D eigenvalue weighted by Gasteiger charge is 2.27. The second-order valence-electron chi connectivity index (χ2n) is 6.76. The molecule has 3 aromatic rings. The number of likely N-dealkylation sites (tertiary alicyclic amines) is 1.